The maximum Gasteiger partial charge on any atom is 0.358 e. The Labute approximate surface area is 271 Å². The highest BCUT2D eigenvalue weighted by atomic mass is 35.5. The van der Waals surface area contributed by atoms with E-state index in [-0.39, 0.29) is 29.0 Å². The molecule has 16 heteroatoms. The zero-order valence-corrected chi connectivity index (χ0v) is 25.9. The van der Waals surface area contributed by atoms with E-state index < -0.39 is 29.7 Å². The Balaban J connectivity index is 1.41. The van der Waals surface area contributed by atoms with Gasteiger partial charge in [0.25, 0.3) is 12.0 Å². The smallest absolute Gasteiger partial charge is 0.358 e. The van der Waals surface area contributed by atoms with Crippen molar-refractivity contribution < 1.29 is 23.1 Å². The van der Waals surface area contributed by atoms with E-state index in [4.69, 9.17) is 16.3 Å². The summed E-state index contributed by atoms with van der Waals surface area (Å²) in [4.78, 5) is 48.2. The third-order valence-electron chi connectivity index (χ3n) is 7.91. The number of rotatable bonds is 5. The summed E-state index contributed by atoms with van der Waals surface area (Å²) in [7, 11) is 1.24. The van der Waals surface area contributed by atoms with Gasteiger partial charge in [0.05, 0.1) is 48.4 Å². The summed E-state index contributed by atoms with van der Waals surface area (Å²) in [6, 6.07) is 10.3. The molecular weight excluding hydrogens is 636 g/mol. The average molecular weight is 664 g/mol. The minimum Gasteiger partial charge on any atom is -0.464 e. The van der Waals surface area contributed by atoms with Gasteiger partial charge in [0, 0.05) is 34.8 Å². The molecule has 0 unspecified atom stereocenters. The molecular formula is C31H28ClF2N9O4. The lowest BCUT2D eigenvalue weighted by Gasteiger charge is -2.20. The minimum atomic E-state index is -2.81. The van der Waals surface area contributed by atoms with Gasteiger partial charge in [-0.15, -0.1) is 5.10 Å². The van der Waals surface area contributed by atoms with Crippen molar-refractivity contribution in [3.63, 3.8) is 0 Å². The number of hydrogen-bond donors (Lipinski definition) is 1. The number of nitrogens with zero attached hydrogens (tertiary/aromatic N) is 8. The molecule has 47 heavy (non-hydrogen) atoms. The zero-order valence-electron chi connectivity index (χ0n) is 25.2. The molecule has 2 atom stereocenters. The maximum atomic E-state index is 13.8. The summed E-state index contributed by atoms with van der Waals surface area (Å²) in [5.41, 5.74) is 1.13. The minimum absolute atomic E-state index is 0.00479. The highest BCUT2D eigenvalue weighted by molar-refractivity contribution is 6.31. The number of nitrogens with one attached hydrogen (secondary N) is 1. The van der Waals surface area contributed by atoms with Crippen molar-refractivity contribution in [1.82, 2.24) is 39.3 Å². The van der Waals surface area contributed by atoms with Gasteiger partial charge in [0.15, 0.2) is 5.69 Å². The van der Waals surface area contributed by atoms with E-state index in [2.05, 4.69) is 30.7 Å². The number of pyridine rings is 1. The summed E-state index contributed by atoms with van der Waals surface area (Å²) < 4.78 is 35.3. The van der Waals surface area contributed by atoms with Crippen LogP contribution in [-0.4, -0.2) is 58.3 Å². The van der Waals surface area contributed by atoms with Crippen LogP contribution in [0.4, 0.5) is 14.6 Å². The largest absolute Gasteiger partial charge is 0.464 e. The van der Waals surface area contributed by atoms with Crippen molar-refractivity contribution in [1.29, 1.82) is 0 Å². The van der Waals surface area contributed by atoms with E-state index >= 15 is 0 Å². The summed E-state index contributed by atoms with van der Waals surface area (Å²) in [6.45, 7) is 1.82. The van der Waals surface area contributed by atoms with Gasteiger partial charge >= 0.3 is 5.97 Å². The number of aromatic nitrogens is 8. The molecule has 0 saturated heterocycles. The number of esters is 1. The van der Waals surface area contributed by atoms with Crippen LogP contribution < -0.4 is 10.9 Å². The van der Waals surface area contributed by atoms with Gasteiger partial charge in [-0.1, -0.05) is 36.6 Å². The number of carbonyl (C=O) groups excluding carboxylic acids is 2. The topological polar surface area (TPSA) is 152 Å². The number of alkyl halides is 2. The van der Waals surface area contributed by atoms with Crippen molar-refractivity contribution in [2.45, 2.75) is 45.1 Å². The number of benzene rings is 1. The molecule has 0 radical (unpaired) electrons. The van der Waals surface area contributed by atoms with Gasteiger partial charge < -0.3 is 10.1 Å². The fourth-order valence-electron chi connectivity index (χ4n) is 5.42. The molecule has 1 aromatic carbocycles. The summed E-state index contributed by atoms with van der Waals surface area (Å²) in [6.07, 6.45) is 3.73. The average Bonchev–Trinajstić information content (AvgIpc) is 3.73. The first kappa shape index (κ1) is 31.7. The number of amides is 1. The van der Waals surface area contributed by atoms with E-state index in [0.29, 0.717) is 53.3 Å². The standard InChI is InChI=1S/C31H28ClF2N9O4/c1-17-5-3-4-6-26(22-12-19(9-10-35-22)43-27(37-30(17)45)13-23(39-43)31(46)47-2)41-16-36-21(14-28(41)44)20-11-18(32)7-8-25(20)42-15-24(29(33)34)38-40-42/h7-17,26,29H,3-6H2,1-2H3,(H,37,45)/t17-,26+/m1/s1. The molecule has 4 aromatic heterocycles. The van der Waals surface area contributed by atoms with Crippen LogP contribution in [0.15, 0.2) is 66.0 Å². The third kappa shape index (κ3) is 6.52. The molecule has 13 nitrogen and oxygen atoms in total. The number of fused-ring (bicyclic) bond motifs is 4. The van der Waals surface area contributed by atoms with E-state index in [9.17, 15) is 23.2 Å². The quantitative estimate of drug-likeness (QED) is 0.251. The lowest BCUT2D eigenvalue weighted by Crippen LogP contribution is -2.26. The Morgan fingerprint density at radius 3 is 2.64 bits per heavy atom. The van der Waals surface area contributed by atoms with Crippen LogP contribution in [0.2, 0.25) is 5.02 Å². The van der Waals surface area contributed by atoms with Crippen molar-refractivity contribution >= 4 is 29.3 Å². The van der Waals surface area contributed by atoms with Gasteiger partial charge in [-0.25, -0.2) is 27.9 Å². The second-order valence-corrected chi connectivity index (χ2v) is 11.5. The maximum absolute atomic E-state index is 13.8. The molecule has 1 N–H and O–H groups in total. The Morgan fingerprint density at radius 2 is 1.89 bits per heavy atom. The molecule has 1 amide bonds. The Bertz CT molecular complexity index is 2030. The number of anilines is 1. The lowest BCUT2D eigenvalue weighted by molar-refractivity contribution is -0.119. The predicted octanol–water partition coefficient (Wildman–Crippen LogP) is 5.19. The molecule has 1 aliphatic rings. The highest BCUT2D eigenvalue weighted by Crippen LogP contribution is 2.30. The van der Waals surface area contributed by atoms with Crippen LogP contribution in [0.1, 0.15) is 67.0 Å². The lowest BCUT2D eigenvalue weighted by atomic mass is 9.99. The van der Waals surface area contributed by atoms with Crippen LogP contribution in [0.5, 0.6) is 0 Å². The Hall–Kier alpha value is -5.31. The molecule has 2 bridgehead atoms. The summed E-state index contributed by atoms with van der Waals surface area (Å²) in [5, 5.41) is 14.9. The monoisotopic (exact) mass is 663 g/mol. The molecule has 6 rings (SSSR count). The number of halogens is 3. The third-order valence-corrected chi connectivity index (χ3v) is 8.14. The number of carbonyl (C=O) groups is 2. The fraction of sp³-hybridized carbons (Fsp3) is 0.290. The Morgan fingerprint density at radius 1 is 1.09 bits per heavy atom. The molecule has 1 aliphatic heterocycles. The number of hydrogen-bond acceptors (Lipinski definition) is 9. The highest BCUT2D eigenvalue weighted by Gasteiger charge is 2.24. The van der Waals surface area contributed by atoms with Crippen molar-refractivity contribution in [2.75, 3.05) is 12.4 Å². The molecule has 0 saturated carbocycles. The predicted molar refractivity (Wildman–Crippen MR) is 166 cm³/mol. The summed E-state index contributed by atoms with van der Waals surface area (Å²) >= 11 is 6.28. The molecule has 0 fully saturated rings. The fourth-order valence-corrected chi connectivity index (χ4v) is 5.59. The molecule has 0 spiro atoms. The molecule has 5 heterocycles. The second-order valence-electron chi connectivity index (χ2n) is 11.0. The SMILES string of the molecule is COC(=O)c1cc2n(n1)-c1ccnc(c1)[C@@H](n1cnc(-c3cc(Cl)ccc3-n3cc(C(F)F)nn3)cc1=O)CCCC[C@@H](C)C(=O)N2. The molecule has 242 valence electrons. The second kappa shape index (κ2) is 13.2. The van der Waals surface area contributed by atoms with Gasteiger partial charge in [0.1, 0.15) is 11.5 Å². The summed E-state index contributed by atoms with van der Waals surface area (Å²) in [5.74, 6) is -0.943. The Kier molecular flexibility index (Phi) is 8.89. The number of ether oxygens (including phenoxy) is 1. The van der Waals surface area contributed by atoms with Crippen LogP contribution in [0.3, 0.4) is 0 Å². The zero-order chi connectivity index (χ0) is 33.2. The van der Waals surface area contributed by atoms with E-state index in [1.165, 1.54) is 39.5 Å². The van der Waals surface area contributed by atoms with Crippen LogP contribution in [-0.2, 0) is 9.53 Å². The van der Waals surface area contributed by atoms with Crippen LogP contribution in [0, 0.1) is 5.92 Å². The van der Waals surface area contributed by atoms with Gasteiger partial charge in [-0.05, 0) is 43.2 Å². The first-order valence-electron chi connectivity index (χ1n) is 14.7. The van der Waals surface area contributed by atoms with Crippen molar-refractivity contribution in [3.8, 4) is 22.6 Å². The normalized spacial score (nSPS) is 16.9. The number of methoxy groups -OCH3 is 1. The van der Waals surface area contributed by atoms with Gasteiger partial charge in [-0.2, -0.15) is 5.10 Å². The van der Waals surface area contributed by atoms with E-state index in [1.807, 2.05) is 6.92 Å². The van der Waals surface area contributed by atoms with Crippen molar-refractivity contribution in [3.05, 3.63) is 93.6 Å². The molecule has 0 aliphatic carbocycles. The first-order chi connectivity index (χ1) is 22.6. The van der Waals surface area contributed by atoms with Crippen molar-refractivity contribution in [2.24, 2.45) is 5.92 Å². The van der Waals surface area contributed by atoms with Crippen LogP contribution >= 0.6 is 11.6 Å². The van der Waals surface area contributed by atoms with E-state index in [0.717, 1.165) is 6.20 Å². The molecule has 5 aromatic rings. The first-order valence-corrected chi connectivity index (χ1v) is 15.0. The van der Waals surface area contributed by atoms with E-state index in [1.54, 1.807) is 36.5 Å². The van der Waals surface area contributed by atoms with Crippen LogP contribution in [0.25, 0.3) is 22.6 Å². The van der Waals surface area contributed by atoms with Gasteiger partial charge in [0.2, 0.25) is 5.91 Å². The van der Waals surface area contributed by atoms with Gasteiger partial charge in [-0.3, -0.25) is 19.1 Å².